The summed E-state index contributed by atoms with van der Waals surface area (Å²) in [5, 5.41) is 4.71. The Bertz CT molecular complexity index is 589. The molecule has 0 saturated heterocycles. The smallest absolute Gasteiger partial charge is 0.0634 e. The first-order chi connectivity index (χ1) is 8.88. The highest BCUT2D eigenvalue weighted by molar-refractivity contribution is 9.10. The highest BCUT2D eigenvalue weighted by Gasteiger charge is 2.09. The summed E-state index contributed by atoms with van der Waals surface area (Å²) >= 11 is 21.5. The van der Waals surface area contributed by atoms with Crippen LogP contribution in [0.3, 0.4) is 0 Å². The first-order valence-electron chi connectivity index (χ1n) is 5.35. The van der Waals surface area contributed by atoms with Gasteiger partial charge in [-0.15, -0.1) is 0 Å². The zero-order valence-electron chi connectivity index (χ0n) is 9.90. The van der Waals surface area contributed by atoms with Crippen molar-refractivity contribution < 1.29 is 0 Å². The molecule has 2 aromatic carbocycles. The van der Waals surface area contributed by atoms with E-state index >= 15 is 0 Å². The van der Waals surface area contributed by atoms with Gasteiger partial charge in [0.2, 0.25) is 0 Å². The SMILES string of the molecule is Cc1cc(Br)c(Nc2cc(Cl)c(Cl)cc2N)cc1Cl. The van der Waals surface area contributed by atoms with Crippen molar-refractivity contribution in [3.05, 3.63) is 49.4 Å². The van der Waals surface area contributed by atoms with Gasteiger partial charge in [-0.05, 0) is 52.7 Å². The van der Waals surface area contributed by atoms with E-state index in [1.807, 2.05) is 19.1 Å². The Hall–Kier alpha value is -0.610. The van der Waals surface area contributed by atoms with E-state index in [4.69, 9.17) is 40.5 Å². The molecule has 0 bridgehead atoms. The van der Waals surface area contributed by atoms with Crippen LogP contribution in [0.4, 0.5) is 17.1 Å². The molecule has 2 nitrogen and oxygen atoms in total. The highest BCUT2D eigenvalue weighted by atomic mass is 79.9. The molecule has 0 atom stereocenters. The van der Waals surface area contributed by atoms with Crippen molar-refractivity contribution in [3.8, 4) is 0 Å². The number of nitrogens with one attached hydrogen (secondary N) is 1. The largest absolute Gasteiger partial charge is 0.397 e. The zero-order chi connectivity index (χ0) is 14.2. The van der Waals surface area contributed by atoms with Crippen molar-refractivity contribution in [2.75, 3.05) is 11.1 Å². The van der Waals surface area contributed by atoms with Gasteiger partial charge in [0, 0.05) is 9.50 Å². The molecule has 0 saturated carbocycles. The maximum Gasteiger partial charge on any atom is 0.0634 e. The van der Waals surface area contributed by atoms with E-state index in [0.717, 1.165) is 15.7 Å². The Morgan fingerprint density at radius 3 is 2.21 bits per heavy atom. The summed E-state index contributed by atoms with van der Waals surface area (Å²) in [6.45, 7) is 1.93. The number of aryl methyl sites for hydroxylation is 1. The maximum atomic E-state index is 6.11. The second-order valence-corrected chi connectivity index (χ2v) is 6.14. The van der Waals surface area contributed by atoms with Gasteiger partial charge in [-0.3, -0.25) is 0 Å². The third-order valence-corrected chi connectivity index (χ3v) is 4.40. The molecule has 0 amide bonds. The first-order valence-corrected chi connectivity index (χ1v) is 7.28. The van der Waals surface area contributed by atoms with Gasteiger partial charge in [0.25, 0.3) is 0 Å². The Morgan fingerprint density at radius 2 is 1.53 bits per heavy atom. The van der Waals surface area contributed by atoms with Crippen LogP contribution < -0.4 is 11.1 Å². The number of hydrogen-bond acceptors (Lipinski definition) is 2. The predicted molar refractivity (Wildman–Crippen MR) is 88.0 cm³/mol. The van der Waals surface area contributed by atoms with Gasteiger partial charge in [0.15, 0.2) is 0 Å². The van der Waals surface area contributed by atoms with E-state index in [0.29, 0.717) is 26.4 Å². The third kappa shape index (κ3) is 3.29. The average Bonchev–Trinajstić information content (AvgIpc) is 2.32. The molecule has 0 spiro atoms. The molecule has 0 aliphatic carbocycles. The summed E-state index contributed by atoms with van der Waals surface area (Å²) in [4.78, 5) is 0. The van der Waals surface area contributed by atoms with Crippen molar-refractivity contribution in [2.45, 2.75) is 6.92 Å². The van der Waals surface area contributed by atoms with Gasteiger partial charge in [-0.1, -0.05) is 34.8 Å². The molecule has 100 valence electrons. The summed E-state index contributed by atoms with van der Waals surface area (Å²) in [6, 6.07) is 7.04. The van der Waals surface area contributed by atoms with Crippen LogP contribution in [-0.2, 0) is 0 Å². The van der Waals surface area contributed by atoms with Crippen LogP contribution in [0.5, 0.6) is 0 Å². The van der Waals surface area contributed by atoms with Crippen LogP contribution in [0.1, 0.15) is 5.56 Å². The monoisotopic (exact) mass is 378 g/mol. The summed E-state index contributed by atoms with van der Waals surface area (Å²) in [5.41, 5.74) is 8.88. The molecule has 19 heavy (non-hydrogen) atoms. The lowest BCUT2D eigenvalue weighted by Gasteiger charge is -2.13. The normalized spacial score (nSPS) is 10.6. The van der Waals surface area contributed by atoms with E-state index in [1.165, 1.54) is 0 Å². The minimum atomic E-state index is 0.422. The number of nitrogens with two attached hydrogens (primary N) is 1. The van der Waals surface area contributed by atoms with E-state index in [-0.39, 0.29) is 0 Å². The molecule has 0 aliphatic heterocycles. The summed E-state index contributed by atoms with van der Waals surface area (Å²) in [5.74, 6) is 0. The topological polar surface area (TPSA) is 38.0 Å². The number of anilines is 3. The number of hydrogen-bond donors (Lipinski definition) is 2. The number of halogens is 4. The molecular formula is C13H10BrCl3N2. The van der Waals surface area contributed by atoms with Crippen molar-refractivity contribution in [3.63, 3.8) is 0 Å². The Morgan fingerprint density at radius 1 is 0.947 bits per heavy atom. The standard InChI is InChI=1S/C13H10BrCl3N2/c1-6-2-7(14)12(4-8(6)15)19-13-5-10(17)9(16)3-11(13)18/h2-5,19H,18H2,1H3. The lowest BCUT2D eigenvalue weighted by molar-refractivity contribution is 1.43. The maximum absolute atomic E-state index is 6.11. The second-order valence-electron chi connectivity index (χ2n) is 4.06. The fraction of sp³-hybridized carbons (Fsp3) is 0.0769. The van der Waals surface area contributed by atoms with E-state index in [1.54, 1.807) is 12.1 Å². The lowest BCUT2D eigenvalue weighted by atomic mass is 10.2. The highest BCUT2D eigenvalue weighted by Crippen LogP contribution is 2.36. The quantitative estimate of drug-likeness (QED) is 0.623. The number of benzene rings is 2. The fourth-order valence-corrected chi connectivity index (χ4v) is 2.61. The van der Waals surface area contributed by atoms with Gasteiger partial charge in [-0.2, -0.15) is 0 Å². The average molecular weight is 381 g/mol. The lowest BCUT2D eigenvalue weighted by Crippen LogP contribution is -1.97. The molecule has 6 heteroatoms. The third-order valence-electron chi connectivity index (χ3n) is 2.61. The van der Waals surface area contributed by atoms with Gasteiger partial charge >= 0.3 is 0 Å². The molecule has 0 heterocycles. The van der Waals surface area contributed by atoms with Gasteiger partial charge in [-0.25, -0.2) is 0 Å². The van der Waals surface area contributed by atoms with Gasteiger partial charge < -0.3 is 11.1 Å². The van der Waals surface area contributed by atoms with Crippen LogP contribution in [0.2, 0.25) is 15.1 Å². The van der Waals surface area contributed by atoms with Gasteiger partial charge in [0.05, 0.1) is 27.1 Å². The zero-order valence-corrected chi connectivity index (χ0v) is 13.8. The van der Waals surface area contributed by atoms with E-state index in [9.17, 15) is 0 Å². The molecule has 3 N–H and O–H groups in total. The minimum absolute atomic E-state index is 0.422. The molecule has 0 unspecified atom stereocenters. The van der Waals surface area contributed by atoms with Crippen molar-refractivity contribution in [1.82, 2.24) is 0 Å². The molecule has 0 aliphatic rings. The van der Waals surface area contributed by atoms with Crippen LogP contribution >= 0.6 is 50.7 Å². The van der Waals surface area contributed by atoms with Crippen molar-refractivity contribution in [2.24, 2.45) is 0 Å². The molecular weight excluding hydrogens is 370 g/mol. The van der Waals surface area contributed by atoms with Crippen LogP contribution in [-0.4, -0.2) is 0 Å². The van der Waals surface area contributed by atoms with Crippen LogP contribution in [0.15, 0.2) is 28.7 Å². The van der Waals surface area contributed by atoms with E-state index in [2.05, 4.69) is 21.2 Å². The molecule has 2 aromatic rings. The van der Waals surface area contributed by atoms with Crippen molar-refractivity contribution >= 4 is 67.8 Å². The molecule has 0 fully saturated rings. The Balaban J connectivity index is 2.42. The van der Waals surface area contributed by atoms with Crippen molar-refractivity contribution in [1.29, 1.82) is 0 Å². The van der Waals surface area contributed by atoms with Crippen LogP contribution in [0, 0.1) is 6.92 Å². The van der Waals surface area contributed by atoms with Crippen LogP contribution in [0.25, 0.3) is 0 Å². The number of rotatable bonds is 2. The summed E-state index contributed by atoms with van der Waals surface area (Å²) < 4.78 is 0.889. The molecule has 0 aromatic heterocycles. The second kappa shape index (κ2) is 5.80. The first kappa shape index (κ1) is 14.8. The fourth-order valence-electron chi connectivity index (χ4n) is 1.56. The predicted octanol–water partition coefficient (Wildman–Crippen LogP) is 6.04. The van der Waals surface area contributed by atoms with E-state index < -0.39 is 0 Å². The number of nitrogen functional groups attached to an aromatic ring is 1. The Labute approximate surface area is 135 Å². The summed E-state index contributed by atoms with van der Waals surface area (Å²) in [6.07, 6.45) is 0. The minimum Gasteiger partial charge on any atom is -0.397 e. The summed E-state index contributed by atoms with van der Waals surface area (Å²) in [7, 11) is 0. The Kier molecular flexibility index (Phi) is 4.51. The molecule has 2 rings (SSSR count). The van der Waals surface area contributed by atoms with Gasteiger partial charge in [0.1, 0.15) is 0 Å². The molecule has 0 radical (unpaired) electrons.